The van der Waals surface area contributed by atoms with Gasteiger partial charge < -0.3 is 9.84 Å². The number of para-hydroxylation sites is 2. The summed E-state index contributed by atoms with van der Waals surface area (Å²) >= 11 is 3.55. The van der Waals surface area contributed by atoms with Crippen molar-refractivity contribution >= 4 is 21.6 Å². The van der Waals surface area contributed by atoms with Gasteiger partial charge >= 0.3 is 0 Å². The van der Waals surface area contributed by atoms with Crippen molar-refractivity contribution < 1.29 is 9.84 Å². The van der Waals surface area contributed by atoms with Crippen LogP contribution in [0.15, 0.2) is 82.3 Å². The maximum absolute atomic E-state index is 10.4. The van der Waals surface area contributed by atoms with Crippen molar-refractivity contribution in [1.82, 2.24) is 5.32 Å². The van der Waals surface area contributed by atoms with E-state index in [1.54, 1.807) is 13.2 Å². The molecule has 0 fully saturated rings. The van der Waals surface area contributed by atoms with Gasteiger partial charge in [0.2, 0.25) is 0 Å². The molecule has 0 saturated carbocycles. The molecule has 28 heavy (non-hydrogen) atoms. The van der Waals surface area contributed by atoms with Crippen molar-refractivity contribution in [2.24, 2.45) is 4.99 Å². The number of rotatable bonds is 4. The average molecular weight is 437 g/mol. The first kappa shape index (κ1) is 18.7. The van der Waals surface area contributed by atoms with Crippen LogP contribution in [-0.2, 0) is 0 Å². The third-order valence-corrected chi connectivity index (χ3v) is 5.44. The Balaban J connectivity index is 1.80. The van der Waals surface area contributed by atoms with Crippen molar-refractivity contribution in [3.63, 3.8) is 0 Å². The zero-order valence-corrected chi connectivity index (χ0v) is 17.1. The molecule has 2 atom stereocenters. The van der Waals surface area contributed by atoms with E-state index in [-0.39, 0.29) is 18.0 Å². The van der Waals surface area contributed by atoms with Gasteiger partial charge in [-0.05, 0) is 29.8 Å². The maximum Gasteiger partial charge on any atom is 0.129 e. The molecular weight excluding hydrogens is 416 g/mol. The lowest BCUT2D eigenvalue weighted by molar-refractivity contribution is 0.381. The number of nitrogens with zero attached hydrogens (tertiary/aromatic N) is 1. The molecule has 0 spiro atoms. The van der Waals surface area contributed by atoms with Gasteiger partial charge in [0, 0.05) is 33.8 Å². The van der Waals surface area contributed by atoms with Gasteiger partial charge in [-0.1, -0.05) is 64.5 Å². The Morgan fingerprint density at radius 2 is 1.75 bits per heavy atom. The lowest BCUT2D eigenvalue weighted by atomic mass is 9.93. The lowest BCUT2D eigenvalue weighted by Gasteiger charge is -2.31. The van der Waals surface area contributed by atoms with E-state index in [2.05, 4.69) is 33.4 Å². The zero-order chi connectivity index (χ0) is 19.5. The van der Waals surface area contributed by atoms with Crippen LogP contribution >= 0.6 is 15.9 Å². The summed E-state index contributed by atoms with van der Waals surface area (Å²) in [4.78, 5) is 5.00. The van der Waals surface area contributed by atoms with Gasteiger partial charge in [0.15, 0.2) is 0 Å². The molecule has 1 aliphatic heterocycles. The van der Waals surface area contributed by atoms with Gasteiger partial charge in [0.1, 0.15) is 17.7 Å². The molecule has 4 rings (SSSR count). The third kappa shape index (κ3) is 3.81. The average Bonchev–Trinajstić information content (AvgIpc) is 2.73. The Labute approximate surface area is 173 Å². The van der Waals surface area contributed by atoms with Crippen LogP contribution < -0.4 is 10.1 Å². The molecule has 2 unspecified atom stereocenters. The number of phenolic OH excluding ortho intramolecular Hbond substituents is 1. The minimum atomic E-state index is -0.275. The Morgan fingerprint density at radius 3 is 2.50 bits per heavy atom. The molecule has 4 nitrogen and oxygen atoms in total. The van der Waals surface area contributed by atoms with E-state index in [1.165, 1.54) is 0 Å². The molecule has 1 heterocycles. The summed E-state index contributed by atoms with van der Waals surface area (Å²) < 4.78 is 6.57. The highest BCUT2D eigenvalue weighted by atomic mass is 79.9. The summed E-state index contributed by atoms with van der Waals surface area (Å²) in [7, 11) is 1.67. The first-order valence-corrected chi connectivity index (χ1v) is 9.94. The third-order valence-electron chi connectivity index (χ3n) is 4.94. The molecule has 3 aromatic carbocycles. The van der Waals surface area contributed by atoms with Crippen LogP contribution in [0.5, 0.6) is 11.5 Å². The predicted molar refractivity (Wildman–Crippen MR) is 115 cm³/mol. The quantitative estimate of drug-likeness (QED) is 0.576. The van der Waals surface area contributed by atoms with Crippen LogP contribution in [0.2, 0.25) is 0 Å². The van der Waals surface area contributed by atoms with Gasteiger partial charge in [0.25, 0.3) is 0 Å². The van der Waals surface area contributed by atoms with Crippen LogP contribution in [0.4, 0.5) is 0 Å². The lowest BCUT2D eigenvalue weighted by Crippen LogP contribution is -2.33. The van der Waals surface area contributed by atoms with Crippen molar-refractivity contribution in [3.8, 4) is 11.5 Å². The van der Waals surface area contributed by atoms with Crippen molar-refractivity contribution in [1.29, 1.82) is 0 Å². The van der Waals surface area contributed by atoms with Gasteiger partial charge in [-0.3, -0.25) is 10.3 Å². The molecule has 1 aliphatic rings. The number of aromatic hydroxyl groups is 1. The topological polar surface area (TPSA) is 53.9 Å². The van der Waals surface area contributed by atoms with Crippen LogP contribution in [0.25, 0.3) is 0 Å². The minimum Gasteiger partial charge on any atom is -0.508 e. The number of methoxy groups -OCH3 is 1. The number of hydrogen-bond donors (Lipinski definition) is 2. The monoisotopic (exact) mass is 436 g/mol. The summed E-state index contributed by atoms with van der Waals surface area (Å²) in [6.45, 7) is 0. The molecule has 2 N–H and O–H groups in total. The summed E-state index contributed by atoms with van der Waals surface area (Å²) in [5, 5.41) is 14.0. The van der Waals surface area contributed by atoms with Crippen LogP contribution in [0, 0.1) is 0 Å². The number of halogens is 1. The molecule has 0 aliphatic carbocycles. The summed E-state index contributed by atoms with van der Waals surface area (Å²) in [5.74, 6) is 1.07. The van der Waals surface area contributed by atoms with Gasteiger partial charge in [-0.15, -0.1) is 0 Å². The number of phenols is 1. The Hall–Kier alpha value is -2.63. The standard InChI is InChI=1S/C23H21BrN2O2/c1-28-22-12-5-3-10-18(22)23-25-19(15-7-6-8-16(24)13-15)14-20(26-23)17-9-2-4-11-21(17)27/h2-13,20,23,26-27H,14H2,1H3. The molecule has 0 amide bonds. The van der Waals surface area contributed by atoms with E-state index < -0.39 is 0 Å². The van der Waals surface area contributed by atoms with Crippen LogP contribution in [0.1, 0.15) is 35.3 Å². The molecule has 142 valence electrons. The van der Waals surface area contributed by atoms with E-state index in [4.69, 9.17) is 9.73 Å². The Kier molecular flexibility index (Phi) is 5.46. The second-order valence-electron chi connectivity index (χ2n) is 6.71. The summed E-state index contributed by atoms with van der Waals surface area (Å²) in [5.41, 5.74) is 3.89. The Morgan fingerprint density at radius 1 is 1.00 bits per heavy atom. The largest absolute Gasteiger partial charge is 0.508 e. The van der Waals surface area contributed by atoms with Crippen molar-refractivity contribution in [2.45, 2.75) is 18.6 Å². The second-order valence-corrected chi connectivity index (χ2v) is 7.63. The van der Waals surface area contributed by atoms with Gasteiger partial charge in [-0.25, -0.2) is 0 Å². The molecule has 0 aromatic heterocycles. The minimum absolute atomic E-state index is 0.0670. The highest BCUT2D eigenvalue weighted by Crippen LogP contribution is 2.36. The van der Waals surface area contributed by atoms with Crippen LogP contribution in [0.3, 0.4) is 0 Å². The normalized spacial score (nSPS) is 19.1. The summed E-state index contributed by atoms with van der Waals surface area (Å²) in [6, 6.07) is 23.4. The van der Waals surface area contributed by atoms with E-state index in [0.717, 1.165) is 32.6 Å². The first-order valence-electron chi connectivity index (χ1n) is 9.15. The zero-order valence-electron chi connectivity index (χ0n) is 15.5. The van der Waals surface area contributed by atoms with E-state index in [1.807, 2.05) is 54.6 Å². The number of benzene rings is 3. The SMILES string of the molecule is COc1ccccc1C1N=C(c2cccc(Br)c2)CC(c2ccccc2O)N1. The molecule has 0 saturated heterocycles. The van der Waals surface area contributed by atoms with Crippen molar-refractivity contribution in [2.75, 3.05) is 7.11 Å². The fourth-order valence-electron chi connectivity index (χ4n) is 3.58. The highest BCUT2D eigenvalue weighted by Gasteiger charge is 2.28. The first-order chi connectivity index (χ1) is 13.7. The number of aliphatic imine (C=N–C) groups is 1. The molecule has 0 bridgehead atoms. The fourth-order valence-corrected chi connectivity index (χ4v) is 3.98. The summed E-state index contributed by atoms with van der Waals surface area (Å²) in [6.07, 6.45) is 0.406. The molecule has 3 aromatic rings. The van der Waals surface area contributed by atoms with E-state index >= 15 is 0 Å². The van der Waals surface area contributed by atoms with Gasteiger partial charge in [0.05, 0.1) is 7.11 Å². The van der Waals surface area contributed by atoms with Crippen molar-refractivity contribution in [3.05, 3.63) is 94.0 Å². The number of ether oxygens (including phenoxy) is 1. The smallest absolute Gasteiger partial charge is 0.129 e. The molecule has 5 heteroatoms. The Bertz CT molecular complexity index is 1020. The molecular formula is C23H21BrN2O2. The van der Waals surface area contributed by atoms with E-state index in [0.29, 0.717) is 6.42 Å². The number of hydrogen-bond acceptors (Lipinski definition) is 4. The number of nitrogens with one attached hydrogen (secondary N) is 1. The van der Waals surface area contributed by atoms with Crippen LogP contribution in [-0.4, -0.2) is 17.9 Å². The van der Waals surface area contributed by atoms with E-state index in [9.17, 15) is 5.11 Å². The molecule has 0 radical (unpaired) electrons. The maximum atomic E-state index is 10.4. The van der Waals surface area contributed by atoms with Gasteiger partial charge in [-0.2, -0.15) is 0 Å². The fraction of sp³-hybridized carbons (Fsp3) is 0.174. The second kappa shape index (κ2) is 8.17. The highest BCUT2D eigenvalue weighted by molar-refractivity contribution is 9.10. The predicted octanol–water partition coefficient (Wildman–Crippen LogP) is 5.39.